The number of anilines is 1. The molecule has 9 heteroatoms. The third kappa shape index (κ3) is 11.1. The largest absolute Gasteiger partial charge is 0.494 e. The topological polar surface area (TPSA) is 103 Å². The van der Waals surface area contributed by atoms with Crippen LogP contribution < -0.4 is 20.1 Å². The van der Waals surface area contributed by atoms with E-state index in [1.54, 1.807) is 36.4 Å². The molecule has 0 fully saturated rings. The van der Waals surface area contributed by atoms with Crippen molar-refractivity contribution < 1.29 is 28.6 Å². The van der Waals surface area contributed by atoms with E-state index in [0.29, 0.717) is 40.8 Å². The number of benzene rings is 2. The van der Waals surface area contributed by atoms with Crippen LogP contribution in [-0.2, 0) is 17.6 Å². The number of unbranched alkanes of at least 4 members (excludes halogenated alkanes) is 6. The Hall–Kier alpha value is -3.85. The first kappa shape index (κ1) is 36.0. The molecule has 1 atom stereocenters. The van der Waals surface area contributed by atoms with E-state index in [9.17, 15) is 14.4 Å². The monoisotopic (exact) mass is 662 g/mol. The summed E-state index contributed by atoms with van der Waals surface area (Å²) in [4.78, 5) is 40.4. The Labute approximate surface area is 283 Å². The molecule has 2 aromatic carbocycles. The molecule has 0 saturated heterocycles. The Morgan fingerprint density at radius 3 is 1.96 bits per heavy atom. The average Bonchev–Trinajstić information content (AvgIpc) is 3.43. The fraction of sp³-hybridized carbons (Fsp3) is 0.500. The number of nitrogens with one attached hydrogen (secondary N) is 2. The van der Waals surface area contributed by atoms with Gasteiger partial charge >= 0.3 is 5.97 Å². The standard InChI is InChI=1S/C38H50N2O6S/c1-4-6-8-10-23-44-30-17-13-28(14-18-30)35(41)40-37-34(32-21-12-27(3)26-33(32)47-37)36(42)39-22-25-46-38(43)29-15-19-31(20-16-29)45-24-11-9-7-5-2/h13-20,27H,4-12,21-26H2,1-3H3,(H,39,42)(H,40,41). The van der Waals surface area contributed by atoms with Gasteiger partial charge in [0.25, 0.3) is 11.8 Å². The van der Waals surface area contributed by atoms with Crippen LogP contribution in [0.1, 0.15) is 120 Å². The predicted molar refractivity (Wildman–Crippen MR) is 188 cm³/mol. The molecule has 2 N–H and O–H groups in total. The van der Waals surface area contributed by atoms with E-state index in [-0.39, 0.29) is 25.0 Å². The van der Waals surface area contributed by atoms with E-state index in [4.69, 9.17) is 14.2 Å². The molecule has 1 heterocycles. The lowest BCUT2D eigenvalue weighted by molar-refractivity contribution is 0.0503. The third-order valence-electron chi connectivity index (χ3n) is 8.33. The normalized spacial score (nSPS) is 13.8. The number of fused-ring (bicyclic) bond motifs is 1. The van der Waals surface area contributed by atoms with Gasteiger partial charge in [-0.3, -0.25) is 9.59 Å². The van der Waals surface area contributed by atoms with Gasteiger partial charge in [0.15, 0.2) is 0 Å². The predicted octanol–water partition coefficient (Wildman–Crippen LogP) is 8.63. The van der Waals surface area contributed by atoms with Crippen molar-refractivity contribution in [1.82, 2.24) is 5.32 Å². The molecule has 0 saturated carbocycles. The molecule has 47 heavy (non-hydrogen) atoms. The molecule has 1 aliphatic rings. The Balaban J connectivity index is 1.29. The summed E-state index contributed by atoms with van der Waals surface area (Å²) in [6.07, 6.45) is 11.7. The first-order valence-electron chi connectivity index (χ1n) is 17.3. The highest BCUT2D eigenvalue weighted by atomic mass is 32.1. The van der Waals surface area contributed by atoms with Gasteiger partial charge in [-0.05, 0) is 92.1 Å². The molecule has 0 radical (unpaired) electrons. The number of hydrogen-bond acceptors (Lipinski definition) is 7. The summed E-state index contributed by atoms with van der Waals surface area (Å²) < 4.78 is 17.0. The first-order chi connectivity index (χ1) is 22.9. The van der Waals surface area contributed by atoms with Gasteiger partial charge in [-0.25, -0.2) is 4.79 Å². The quantitative estimate of drug-likeness (QED) is 0.0984. The summed E-state index contributed by atoms with van der Waals surface area (Å²) in [5.41, 5.74) is 2.42. The minimum Gasteiger partial charge on any atom is -0.494 e. The van der Waals surface area contributed by atoms with Gasteiger partial charge in [-0.2, -0.15) is 0 Å². The summed E-state index contributed by atoms with van der Waals surface area (Å²) in [6, 6.07) is 14.0. The van der Waals surface area contributed by atoms with Crippen LogP contribution in [0.25, 0.3) is 0 Å². The van der Waals surface area contributed by atoms with Crippen LogP contribution in [0.3, 0.4) is 0 Å². The fourth-order valence-electron chi connectivity index (χ4n) is 5.56. The van der Waals surface area contributed by atoms with Crippen LogP contribution in [0, 0.1) is 5.92 Å². The van der Waals surface area contributed by atoms with Gasteiger partial charge in [0.1, 0.15) is 23.1 Å². The third-order valence-corrected chi connectivity index (χ3v) is 9.50. The van der Waals surface area contributed by atoms with E-state index in [1.807, 2.05) is 12.1 Å². The number of carbonyl (C=O) groups excluding carboxylic acids is 3. The lowest BCUT2D eigenvalue weighted by Crippen LogP contribution is -2.29. The van der Waals surface area contributed by atoms with Gasteiger partial charge in [0, 0.05) is 10.4 Å². The van der Waals surface area contributed by atoms with Gasteiger partial charge in [-0.15, -0.1) is 11.3 Å². The van der Waals surface area contributed by atoms with Crippen LogP contribution >= 0.6 is 11.3 Å². The fourth-order valence-corrected chi connectivity index (χ4v) is 6.97. The lowest BCUT2D eigenvalue weighted by Gasteiger charge is -2.18. The van der Waals surface area contributed by atoms with E-state index in [0.717, 1.165) is 66.9 Å². The van der Waals surface area contributed by atoms with E-state index < -0.39 is 5.97 Å². The summed E-state index contributed by atoms with van der Waals surface area (Å²) >= 11 is 1.48. The van der Waals surface area contributed by atoms with Crippen molar-refractivity contribution in [3.8, 4) is 11.5 Å². The number of carbonyl (C=O) groups is 3. The zero-order valence-corrected chi connectivity index (χ0v) is 29.0. The highest BCUT2D eigenvalue weighted by Crippen LogP contribution is 2.40. The molecule has 0 aliphatic heterocycles. The maximum atomic E-state index is 13.5. The number of hydrogen-bond donors (Lipinski definition) is 2. The lowest BCUT2D eigenvalue weighted by atomic mass is 9.88. The van der Waals surface area contributed by atoms with E-state index >= 15 is 0 Å². The van der Waals surface area contributed by atoms with E-state index in [2.05, 4.69) is 31.4 Å². The van der Waals surface area contributed by atoms with Crippen molar-refractivity contribution in [2.75, 3.05) is 31.7 Å². The smallest absolute Gasteiger partial charge is 0.338 e. The molecule has 3 aromatic rings. The van der Waals surface area contributed by atoms with Crippen LogP contribution in [0.5, 0.6) is 11.5 Å². The van der Waals surface area contributed by atoms with Crippen LogP contribution in [0.4, 0.5) is 5.00 Å². The minimum atomic E-state index is -0.462. The maximum Gasteiger partial charge on any atom is 0.338 e. The molecule has 4 rings (SSSR count). The van der Waals surface area contributed by atoms with Gasteiger partial charge in [0.2, 0.25) is 0 Å². The molecular formula is C38H50N2O6S. The molecule has 1 aliphatic carbocycles. The molecule has 1 aromatic heterocycles. The van der Waals surface area contributed by atoms with Crippen molar-refractivity contribution in [2.24, 2.45) is 5.92 Å². The van der Waals surface area contributed by atoms with Crippen molar-refractivity contribution in [1.29, 1.82) is 0 Å². The van der Waals surface area contributed by atoms with Crippen LogP contribution in [-0.4, -0.2) is 44.1 Å². The second kappa shape index (κ2) is 19.1. The molecule has 2 amide bonds. The van der Waals surface area contributed by atoms with Crippen molar-refractivity contribution >= 4 is 34.1 Å². The highest BCUT2D eigenvalue weighted by Gasteiger charge is 2.28. The molecule has 0 spiro atoms. The van der Waals surface area contributed by atoms with Crippen molar-refractivity contribution in [3.63, 3.8) is 0 Å². The average molecular weight is 663 g/mol. The highest BCUT2D eigenvalue weighted by molar-refractivity contribution is 7.17. The summed E-state index contributed by atoms with van der Waals surface area (Å²) in [7, 11) is 0. The minimum absolute atomic E-state index is 0.0261. The number of rotatable bonds is 19. The van der Waals surface area contributed by atoms with Crippen LogP contribution in [0.2, 0.25) is 0 Å². The van der Waals surface area contributed by atoms with Gasteiger partial charge < -0.3 is 24.8 Å². The Morgan fingerprint density at radius 2 is 1.36 bits per heavy atom. The van der Waals surface area contributed by atoms with E-state index in [1.165, 1.54) is 37.0 Å². The van der Waals surface area contributed by atoms with Crippen LogP contribution in [0.15, 0.2) is 48.5 Å². The Morgan fingerprint density at radius 1 is 0.766 bits per heavy atom. The zero-order chi connectivity index (χ0) is 33.4. The Bertz CT molecular complexity index is 1430. The van der Waals surface area contributed by atoms with Gasteiger partial charge in [-0.1, -0.05) is 59.3 Å². The molecule has 1 unspecified atom stereocenters. The summed E-state index contributed by atoms with van der Waals surface area (Å²) in [6.45, 7) is 8.05. The molecule has 254 valence electrons. The summed E-state index contributed by atoms with van der Waals surface area (Å²) in [5.74, 6) is 0.953. The molecular weight excluding hydrogens is 612 g/mol. The Kier molecular flexibility index (Phi) is 14.6. The number of esters is 1. The first-order valence-corrected chi connectivity index (χ1v) is 18.1. The van der Waals surface area contributed by atoms with Crippen molar-refractivity contribution in [3.05, 3.63) is 75.7 Å². The maximum absolute atomic E-state index is 13.5. The number of amides is 2. The second-order valence-corrected chi connectivity index (χ2v) is 13.4. The van der Waals surface area contributed by atoms with Gasteiger partial charge in [0.05, 0.1) is 30.9 Å². The number of thiophene rings is 1. The van der Waals surface area contributed by atoms with Crippen molar-refractivity contribution in [2.45, 2.75) is 91.4 Å². The summed E-state index contributed by atoms with van der Waals surface area (Å²) in [5, 5.41) is 6.45. The molecule has 0 bridgehead atoms. The second-order valence-electron chi connectivity index (χ2n) is 12.3. The number of ether oxygens (including phenoxy) is 3. The zero-order valence-electron chi connectivity index (χ0n) is 28.2. The molecule has 8 nitrogen and oxygen atoms in total. The SMILES string of the molecule is CCCCCCOc1ccc(C(=O)Nc2sc3c(c2C(=O)NCCOC(=O)c2ccc(OCCCCCC)cc2)CCC(C)C3)cc1.